The molecule has 0 bridgehead atoms. The molecule has 1 aliphatic carbocycles. The van der Waals surface area contributed by atoms with Crippen LogP contribution in [0.5, 0.6) is 0 Å². The molecule has 32 heavy (non-hydrogen) atoms. The molecule has 0 saturated heterocycles. The molecule has 5 rings (SSSR count). The SMILES string of the molecule is Cc1cc(C)c(S(=O)(=O)NC2CC2)cc1Nc1nc2ccc(F)cc2c2c[nH]c(=O)cc12. The third-order valence-electron chi connectivity index (χ3n) is 5.62. The molecule has 0 atom stereocenters. The van der Waals surface area contributed by atoms with Crippen molar-refractivity contribution in [3.8, 4) is 0 Å². The fraction of sp³-hybridized carbons (Fsp3) is 0.217. The second-order valence-corrected chi connectivity index (χ2v) is 9.88. The van der Waals surface area contributed by atoms with E-state index in [1.165, 1.54) is 24.4 Å². The topological polar surface area (TPSA) is 104 Å². The summed E-state index contributed by atoms with van der Waals surface area (Å²) in [5.41, 5.74) is 2.25. The molecule has 3 N–H and O–H groups in total. The van der Waals surface area contributed by atoms with Crippen LogP contribution in [0.4, 0.5) is 15.9 Å². The molecule has 0 spiro atoms. The number of pyridine rings is 2. The van der Waals surface area contributed by atoms with Gasteiger partial charge in [-0.05, 0) is 62.1 Å². The average Bonchev–Trinajstić information content (AvgIpc) is 3.53. The van der Waals surface area contributed by atoms with Gasteiger partial charge in [0.05, 0.1) is 10.4 Å². The smallest absolute Gasteiger partial charge is 0.248 e. The number of halogens is 1. The summed E-state index contributed by atoms with van der Waals surface area (Å²) >= 11 is 0. The lowest BCUT2D eigenvalue weighted by Gasteiger charge is -2.16. The van der Waals surface area contributed by atoms with E-state index >= 15 is 0 Å². The van der Waals surface area contributed by atoms with Gasteiger partial charge in [-0.25, -0.2) is 22.5 Å². The maximum Gasteiger partial charge on any atom is 0.248 e. The van der Waals surface area contributed by atoms with Crippen LogP contribution < -0.4 is 15.6 Å². The Labute approximate surface area is 183 Å². The van der Waals surface area contributed by atoms with Crippen LogP contribution in [-0.4, -0.2) is 24.4 Å². The molecule has 0 aliphatic heterocycles. The Morgan fingerprint density at radius 1 is 1.03 bits per heavy atom. The van der Waals surface area contributed by atoms with Gasteiger partial charge in [0.15, 0.2) is 0 Å². The quantitative estimate of drug-likeness (QED) is 0.397. The van der Waals surface area contributed by atoms with E-state index in [-0.39, 0.29) is 16.5 Å². The lowest BCUT2D eigenvalue weighted by Crippen LogP contribution is -2.26. The summed E-state index contributed by atoms with van der Waals surface area (Å²) in [7, 11) is -3.65. The van der Waals surface area contributed by atoms with Crippen molar-refractivity contribution < 1.29 is 12.8 Å². The first-order valence-corrected chi connectivity index (χ1v) is 11.7. The number of benzene rings is 2. The minimum absolute atomic E-state index is 0.00432. The van der Waals surface area contributed by atoms with Gasteiger partial charge >= 0.3 is 0 Å². The van der Waals surface area contributed by atoms with E-state index < -0.39 is 15.8 Å². The molecule has 2 heterocycles. The molecule has 4 aromatic rings. The summed E-state index contributed by atoms with van der Waals surface area (Å²) < 4.78 is 42.3. The Balaban J connectivity index is 1.67. The standard InChI is InChI=1S/C23H21FN4O3S/c1-12-7-13(2)21(32(30,31)28-15-4-5-15)10-20(12)27-23-17-9-22(29)25-11-18(17)16-8-14(24)3-6-19(16)26-23/h3,6-11,15,28H,4-5H2,1-2H3,(H,25,29)(H,26,27). The third kappa shape index (κ3) is 3.74. The van der Waals surface area contributed by atoms with Crippen molar-refractivity contribution in [2.75, 3.05) is 5.32 Å². The van der Waals surface area contributed by atoms with Gasteiger partial charge in [0.25, 0.3) is 0 Å². The van der Waals surface area contributed by atoms with E-state index in [1.807, 2.05) is 6.92 Å². The molecule has 1 saturated carbocycles. The van der Waals surface area contributed by atoms with Crippen LogP contribution in [0.25, 0.3) is 21.7 Å². The zero-order valence-electron chi connectivity index (χ0n) is 17.5. The van der Waals surface area contributed by atoms with Crippen molar-refractivity contribution in [3.63, 3.8) is 0 Å². The number of aromatic amines is 1. The number of H-pyrrole nitrogens is 1. The molecule has 1 aliphatic rings. The van der Waals surface area contributed by atoms with E-state index in [9.17, 15) is 17.6 Å². The summed E-state index contributed by atoms with van der Waals surface area (Å²) in [5.74, 6) is -0.0180. The fourth-order valence-electron chi connectivity index (χ4n) is 3.86. The minimum atomic E-state index is -3.65. The van der Waals surface area contributed by atoms with Gasteiger partial charge in [-0.3, -0.25) is 4.79 Å². The van der Waals surface area contributed by atoms with Gasteiger partial charge in [-0.1, -0.05) is 6.07 Å². The van der Waals surface area contributed by atoms with Crippen molar-refractivity contribution in [2.24, 2.45) is 0 Å². The Bertz CT molecular complexity index is 1560. The number of aryl methyl sites for hydroxylation is 2. The van der Waals surface area contributed by atoms with Crippen molar-refractivity contribution in [2.45, 2.75) is 37.6 Å². The second kappa shape index (κ2) is 7.39. The number of nitrogens with zero attached hydrogens (tertiary/aromatic N) is 1. The molecule has 164 valence electrons. The first-order chi connectivity index (χ1) is 15.2. The molecule has 0 unspecified atom stereocenters. The van der Waals surface area contributed by atoms with Crippen LogP contribution in [0.3, 0.4) is 0 Å². The van der Waals surface area contributed by atoms with Gasteiger partial charge < -0.3 is 10.3 Å². The van der Waals surface area contributed by atoms with Crippen LogP contribution in [0, 0.1) is 19.7 Å². The summed E-state index contributed by atoms with van der Waals surface area (Å²) in [5, 5.41) is 4.91. The zero-order valence-corrected chi connectivity index (χ0v) is 18.3. The Morgan fingerprint density at radius 3 is 2.56 bits per heavy atom. The fourth-order valence-corrected chi connectivity index (χ4v) is 5.41. The number of hydrogen-bond acceptors (Lipinski definition) is 5. The Kier molecular flexibility index (Phi) is 4.75. The summed E-state index contributed by atoms with van der Waals surface area (Å²) in [6.07, 6.45) is 3.22. The van der Waals surface area contributed by atoms with E-state index in [1.54, 1.807) is 25.1 Å². The molecule has 9 heteroatoms. The van der Waals surface area contributed by atoms with Crippen molar-refractivity contribution in [1.82, 2.24) is 14.7 Å². The number of nitrogens with one attached hydrogen (secondary N) is 3. The summed E-state index contributed by atoms with van der Waals surface area (Å²) in [4.78, 5) is 19.4. The van der Waals surface area contributed by atoms with E-state index in [4.69, 9.17) is 0 Å². The first-order valence-electron chi connectivity index (χ1n) is 10.2. The number of sulfonamides is 1. The largest absolute Gasteiger partial charge is 0.339 e. The predicted octanol–water partition coefficient (Wildman–Crippen LogP) is 4.02. The van der Waals surface area contributed by atoms with Crippen LogP contribution in [-0.2, 0) is 10.0 Å². The number of hydrogen-bond donors (Lipinski definition) is 3. The minimum Gasteiger partial charge on any atom is -0.339 e. The molecule has 7 nitrogen and oxygen atoms in total. The maximum atomic E-state index is 13.9. The molecule has 0 radical (unpaired) electrons. The van der Waals surface area contributed by atoms with Gasteiger partial charge in [-0.2, -0.15) is 0 Å². The Morgan fingerprint density at radius 2 is 1.81 bits per heavy atom. The van der Waals surface area contributed by atoms with E-state index in [2.05, 4.69) is 20.0 Å². The highest BCUT2D eigenvalue weighted by Crippen LogP contribution is 2.33. The molecule has 2 aromatic heterocycles. The van der Waals surface area contributed by atoms with Crippen molar-refractivity contribution >= 4 is 43.2 Å². The predicted molar refractivity (Wildman–Crippen MR) is 122 cm³/mol. The van der Waals surface area contributed by atoms with Gasteiger partial charge in [0.1, 0.15) is 11.6 Å². The molecular formula is C23H21FN4O3S. The van der Waals surface area contributed by atoms with Gasteiger partial charge in [-0.15, -0.1) is 0 Å². The van der Waals surface area contributed by atoms with Crippen LogP contribution in [0.2, 0.25) is 0 Å². The highest BCUT2D eigenvalue weighted by Gasteiger charge is 2.29. The molecule has 0 amide bonds. The monoisotopic (exact) mass is 452 g/mol. The average molecular weight is 453 g/mol. The lowest BCUT2D eigenvalue weighted by molar-refractivity contribution is 0.580. The normalized spacial score (nSPS) is 14.2. The lowest BCUT2D eigenvalue weighted by atomic mass is 10.1. The molecular weight excluding hydrogens is 431 g/mol. The number of anilines is 2. The highest BCUT2D eigenvalue weighted by atomic mass is 32.2. The van der Waals surface area contributed by atoms with Crippen LogP contribution in [0.1, 0.15) is 24.0 Å². The van der Waals surface area contributed by atoms with Crippen molar-refractivity contribution in [3.05, 3.63) is 69.9 Å². The van der Waals surface area contributed by atoms with E-state index in [0.717, 1.165) is 18.4 Å². The van der Waals surface area contributed by atoms with Crippen molar-refractivity contribution in [1.29, 1.82) is 0 Å². The van der Waals surface area contributed by atoms with E-state index in [0.29, 0.717) is 38.7 Å². The number of rotatable bonds is 5. The highest BCUT2D eigenvalue weighted by molar-refractivity contribution is 7.89. The summed E-state index contributed by atoms with van der Waals surface area (Å²) in [6.45, 7) is 3.63. The van der Waals surface area contributed by atoms with Gasteiger partial charge in [0, 0.05) is 40.2 Å². The second-order valence-electron chi connectivity index (χ2n) is 8.20. The van der Waals surface area contributed by atoms with Gasteiger partial charge in [0.2, 0.25) is 15.6 Å². The summed E-state index contributed by atoms with van der Waals surface area (Å²) in [6, 6.07) is 9.04. The van der Waals surface area contributed by atoms with Crippen LogP contribution in [0.15, 0.2) is 52.3 Å². The number of fused-ring (bicyclic) bond motifs is 3. The zero-order chi connectivity index (χ0) is 22.6. The maximum absolute atomic E-state index is 13.9. The first kappa shape index (κ1) is 20.6. The molecule has 2 aromatic carbocycles. The third-order valence-corrected chi connectivity index (χ3v) is 7.29. The van der Waals surface area contributed by atoms with Crippen LogP contribution >= 0.6 is 0 Å². The Hall–Kier alpha value is -3.30. The number of aromatic nitrogens is 2. The molecule has 1 fully saturated rings.